The van der Waals surface area contributed by atoms with Gasteiger partial charge in [-0.1, -0.05) is 53.8 Å². The Morgan fingerprint density at radius 1 is 1.19 bits per heavy atom. The van der Waals surface area contributed by atoms with Gasteiger partial charge in [-0.2, -0.15) is 4.31 Å². The summed E-state index contributed by atoms with van der Waals surface area (Å²) in [6.07, 6.45) is 3.26. The zero-order chi connectivity index (χ0) is 22.6. The molecule has 0 bridgehead atoms. The second-order valence-corrected chi connectivity index (χ2v) is 10.6. The first kappa shape index (κ1) is 22.6. The van der Waals surface area contributed by atoms with E-state index in [1.165, 1.54) is 24.5 Å². The van der Waals surface area contributed by atoms with E-state index in [-0.39, 0.29) is 18.6 Å². The minimum atomic E-state index is -3.76. The smallest absolute Gasteiger partial charge is 0.244 e. The Bertz CT molecular complexity index is 1170. The molecule has 7 nitrogen and oxygen atoms in total. The lowest BCUT2D eigenvalue weighted by Crippen LogP contribution is -2.44. The number of aromatic nitrogens is 1. The van der Waals surface area contributed by atoms with Crippen LogP contribution >= 0.6 is 11.3 Å². The molecule has 1 aromatic heterocycles. The molecule has 1 saturated heterocycles. The van der Waals surface area contributed by atoms with Gasteiger partial charge in [0.2, 0.25) is 15.9 Å². The van der Waals surface area contributed by atoms with Crippen molar-refractivity contribution in [2.24, 2.45) is 0 Å². The summed E-state index contributed by atoms with van der Waals surface area (Å²) in [5.74, 6) is -0.334. The van der Waals surface area contributed by atoms with Crippen LogP contribution in [0.2, 0.25) is 0 Å². The second kappa shape index (κ2) is 9.91. The summed E-state index contributed by atoms with van der Waals surface area (Å²) in [6, 6.07) is 16.8. The van der Waals surface area contributed by atoms with E-state index in [0.717, 1.165) is 38.3 Å². The number of anilines is 1. The van der Waals surface area contributed by atoms with Crippen molar-refractivity contribution in [2.45, 2.75) is 18.9 Å². The molecule has 3 aromatic rings. The Labute approximate surface area is 192 Å². The fourth-order valence-corrected chi connectivity index (χ4v) is 5.27. The number of ether oxygens (including phenoxy) is 1. The van der Waals surface area contributed by atoms with E-state index in [0.29, 0.717) is 18.3 Å². The molecule has 0 aliphatic carbocycles. The summed E-state index contributed by atoms with van der Waals surface area (Å²) in [6.45, 7) is 0.738. The topological polar surface area (TPSA) is 79.8 Å². The van der Waals surface area contributed by atoms with Gasteiger partial charge in [0.1, 0.15) is 0 Å². The molecule has 0 radical (unpaired) electrons. The van der Waals surface area contributed by atoms with Crippen molar-refractivity contribution in [1.29, 1.82) is 0 Å². The highest BCUT2D eigenvalue weighted by Crippen LogP contribution is 2.30. The fraction of sp³-hybridized carbons (Fsp3) is 0.304. The number of thiazole rings is 1. The number of benzene rings is 2. The van der Waals surface area contributed by atoms with E-state index in [1.54, 1.807) is 4.90 Å². The molecule has 0 N–H and O–H groups in total. The number of carbonyl (C=O) groups is 1. The van der Waals surface area contributed by atoms with Crippen molar-refractivity contribution in [3.05, 3.63) is 65.6 Å². The van der Waals surface area contributed by atoms with Gasteiger partial charge in [0, 0.05) is 19.1 Å². The maximum Gasteiger partial charge on any atom is 0.244 e. The van der Waals surface area contributed by atoms with Gasteiger partial charge in [-0.05, 0) is 36.6 Å². The summed E-state index contributed by atoms with van der Waals surface area (Å²) in [5.41, 5.74) is 1.58. The molecule has 1 amide bonds. The highest BCUT2D eigenvalue weighted by molar-refractivity contribution is 7.92. The molecule has 32 heavy (non-hydrogen) atoms. The molecular weight excluding hydrogens is 446 g/mol. The van der Waals surface area contributed by atoms with E-state index in [2.05, 4.69) is 4.98 Å². The number of hydrogen-bond acceptors (Lipinski definition) is 6. The van der Waals surface area contributed by atoms with E-state index < -0.39 is 10.0 Å². The minimum absolute atomic E-state index is 0.0779. The standard InChI is InChI=1S/C23H25N3O4S2/c1-25(32(28,29)15-13-18-8-3-2-4-9-18)17-22(27)26(16-19-10-7-14-30-19)23-24-20-11-5-6-12-21(20)31-23/h2-6,8-9,11-13,15,19H,7,10,14,16-17H2,1H3/b15-13+. The van der Waals surface area contributed by atoms with Gasteiger partial charge in [0.05, 0.1) is 29.4 Å². The van der Waals surface area contributed by atoms with E-state index in [9.17, 15) is 13.2 Å². The number of rotatable bonds is 8. The largest absolute Gasteiger partial charge is 0.376 e. The van der Waals surface area contributed by atoms with Crippen LogP contribution in [0.15, 0.2) is 60.0 Å². The first-order valence-electron chi connectivity index (χ1n) is 10.4. The number of nitrogens with zero attached hydrogens (tertiary/aromatic N) is 3. The Kier molecular flexibility index (Phi) is 7.00. The molecule has 0 saturated carbocycles. The number of carbonyl (C=O) groups excluding carboxylic acids is 1. The predicted molar refractivity (Wildman–Crippen MR) is 128 cm³/mol. The molecule has 1 aliphatic heterocycles. The molecule has 1 atom stereocenters. The van der Waals surface area contributed by atoms with Crippen LogP contribution < -0.4 is 4.90 Å². The number of para-hydroxylation sites is 1. The summed E-state index contributed by atoms with van der Waals surface area (Å²) in [5, 5.41) is 1.68. The van der Waals surface area contributed by atoms with Crippen molar-refractivity contribution < 1.29 is 17.9 Å². The Hall–Kier alpha value is -2.59. The van der Waals surface area contributed by atoms with Crippen LogP contribution in [0, 0.1) is 0 Å². The normalized spacial score (nSPS) is 16.9. The zero-order valence-corrected chi connectivity index (χ0v) is 19.4. The molecule has 2 aromatic carbocycles. The van der Waals surface area contributed by atoms with Gasteiger partial charge >= 0.3 is 0 Å². The lowest BCUT2D eigenvalue weighted by Gasteiger charge is -2.25. The van der Waals surface area contributed by atoms with Crippen LogP contribution in [-0.4, -0.2) is 56.5 Å². The highest BCUT2D eigenvalue weighted by atomic mass is 32.2. The van der Waals surface area contributed by atoms with Crippen molar-refractivity contribution in [1.82, 2.24) is 9.29 Å². The monoisotopic (exact) mass is 471 g/mol. The minimum Gasteiger partial charge on any atom is -0.376 e. The summed E-state index contributed by atoms with van der Waals surface area (Å²) >= 11 is 1.42. The molecule has 168 valence electrons. The van der Waals surface area contributed by atoms with Crippen LogP contribution in [0.4, 0.5) is 5.13 Å². The third-order valence-corrected chi connectivity index (χ3v) is 7.79. The SMILES string of the molecule is CN(CC(=O)N(CC1CCCO1)c1nc2ccccc2s1)S(=O)(=O)/C=C/c1ccccc1. The third kappa shape index (κ3) is 5.42. The van der Waals surface area contributed by atoms with Crippen molar-refractivity contribution in [2.75, 3.05) is 31.6 Å². The van der Waals surface area contributed by atoms with E-state index in [4.69, 9.17) is 4.74 Å². The lowest BCUT2D eigenvalue weighted by atomic mass is 10.2. The van der Waals surface area contributed by atoms with Gasteiger partial charge in [0.25, 0.3) is 0 Å². The van der Waals surface area contributed by atoms with Crippen molar-refractivity contribution in [3.8, 4) is 0 Å². The van der Waals surface area contributed by atoms with Crippen molar-refractivity contribution >= 4 is 48.7 Å². The Morgan fingerprint density at radius 2 is 1.94 bits per heavy atom. The zero-order valence-electron chi connectivity index (χ0n) is 17.8. The van der Waals surface area contributed by atoms with E-state index in [1.807, 2.05) is 54.6 Å². The molecule has 1 aliphatic rings. The van der Waals surface area contributed by atoms with Gasteiger partial charge in [0.15, 0.2) is 5.13 Å². The Balaban J connectivity index is 1.52. The second-order valence-electron chi connectivity index (χ2n) is 7.62. The molecule has 1 unspecified atom stereocenters. The quantitative estimate of drug-likeness (QED) is 0.500. The van der Waals surface area contributed by atoms with Gasteiger partial charge in [-0.15, -0.1) is 0 Å². The molecule has 2 heterocycles. The lowest BCUT2D eigenvalue weighted by molar-refractivity contribution is -0.119. The number of sulfonamides is 1. The number of amides is 1. The highest BCUT2D eigenvalue weighted by Gasteiger charge is 2.28. The van der Waals surface area contributed by atoms with Crippen LogP contribution in [-0.2, 0) is 19.6 Å². The molecule has 1 fully saturated rings. The summed E-state index contributed by atoms with van der Waals surface area (Å²) in [4.78, 5) is 19.4. The van der Waals surface area contributed by atoms with Crippen LogP contribution in [0.1, 0.15) is 18.4 Å². The molecule has 0 spiro atoms. The van der Waals surface area contributed by atoms with Gasteiger partial charge in [-0.3, -0.25) is 9.69 Å². The first-order valence-corrected chi connectivity index (χ1v) is 12.7. The Morgan fingerprint density at radius 3 is 2.66 bits per heavy atom. The molecular formula is C23H25N3O4S2. The van der Waals surface area contributed by atoms with Crippen LogP contribution in [0.5, 0.6) is 0 Å². The average molecular weight is 472 g/mol. The number of hydrogen-bond donors (Lipinski definition) is 0. The first-order chi connectivity index (χ1) is 15.4. The maximum atomic E-state index is 13.2. The fourth-order valence-electron chi connectivity index (χ4n) is 3.45. The van der Waals surface area contributed by atoms with Gasteiger partial charge in [-0.25, -0.2) is 13.4 Å². The van der Waals surface area contributed by atoms with Crippen LogP contribution in [0.25, 0.3) is 16.3 Å². The summed E-state index contributed by atoms with van der Waals surface area (Å²) in [7, 11) is -2.36. The third-order valence-electron chi connectivity index (χ3n) is 5.25. The van der Waals surface area contributed by atoms with Crippen molar-refractivity contribution in [3.63, 3.8) is 0 Å². The van der Waals surface area contributed by atoms with Crippen LogP contribution in [0.3, 0.4) is 0 Å². The maximum absolute atomic E-state index is 13.2. The summed E-state index contributed by atoms with van der Waals surface area (Å²) < 4.78 is 33.2. The number of likely N-dealkylation sites (N-methyl/N-ethyl adjacent to an activating group) is 1. The predicted octanol–water partition coefficient (Wildman–Crippen LogP) is 3.74. The van der Waals surface area contributed by atoms with E-state index >= 15 is 0 Å². The van der Waals surface area contributed by atoms with Gasteiger partial charge < -0.3 is 4.74 Å². The molecule has 4 rings (SSSR count). The average Bonchev–Trinajstić information content (AvgIpc) is 3.46. The molecule has 9 heteroatoms. The number of fused-ring (bicyclic) bond motifs is 1.